The number of carbonyl (C=O) groups is 2. The number of nitrogens with one attached hydrogen (secondary N) is 1. The molecule has 3 heterocycles. The van der Waals surface area contributed by atoms with Gasteiger partial charge in [0.25, 0.3) is 0 Å². The molecule has 3 aliphatic rings. The number of aromatic nitrogens is 1. The van der Waals surface area contributed by atoms with Gasteiger partial charge in [-0.1, -0.05) is 61.4 Å². The lowest BCUT2D eigenvalue weighted by Gasteiger charge is -2.42. The second-order valence-corrected chi connectivity index (χ2v) is 11.8. The maximum Gasteiger partial charge on any atom is 0.243 e. The summed E-state index contributed by atoms with van der Waals surface area (Å²) in [5.41, 5.74) is 5.85. The molecule has 1 saturated heterocycles. The molecule has 0 bridgehead atoms. The smallest absolute Gasteiger partial charge is 0.243 e. The Labute approximate surface area is 232 Å². The first-order valence-corrected chi connectivity index (χ1v) is 14.5. The van der Waals surface area contributed by atoms with Gasteiger partial charge in [-0.3, -0.25) is 14.5 Å². The quantitative estimate of drug-likeness (QED) is 0.437. The summed E-state index contributed by atoms with van der Waals surface area (Å²) in [7, 11) is 0. The van der Waals surface area contributed by atoms with Crippen LogP contribution in [0.2, 0.25) is 0 Å². The van der Waals surface area contributed by atoms with E-state index < -0.39 is 23.9 Å². The molecule has 204 valence electrons. The normalized spacial score (nSPS) is 24.2. The van der Waals surface area contributed by atoms with E-state index in [4.69, 9.17) is 0 Å². The SMILES string of the molecule is Cc1ncsc1-c1ccc(CNC(=O)[C@@H]2C[C@@H](O)CN2C(=O)C2(N3Cc4ccccc4C3O)CCCC2)cc1. The van der Waals surface area contributed by atoms with Gasteiger partial charge >= 0.3 is 0 Å². The van der Waals surface area contributed by atoms with Gasteiger partial charge in [0.05, 0.1) is 22.2 Å². The number of thiazole rings is 1. The Balaban J connectivity index is 1.17. The molecule has 0 spiro atoms. The number of fused-ring (bicyclic) bond motifs is 1. The van der Waals surface area contributed by atoms with Gasteiger partial charge in [0.15, 0.2) is 0 Å². The number of aryl methyl sites for hydroxylation is 1. The van der Waals surface area contributed by atoms with Crippen molar-refractivity contribution in [1.82, 2.24) is 20.1 Å². The number of hydrogen-bond acceptors (Lipinski definition) is 7. The van der Waals surface area contributed by atoms with Crippen LogP contribution < -0.4 is 5.32 Å². The topological polar surface area (TPSA) is 106 Å². The number of benzene rings is 2. The summed E-state index contributed by atoms with van der Waals surface area (Å²) in [6.45, 7) is 2.94. The van der Waals surface area contributed by atoms with Gasteiger partial charge in [-0.05, 0) is 42.0 Å². The van der Waals surface area contributed by atoms with E-state index in [0.29, 0.717) is 25.9 Å². The molecule has 3 aromatic rings. The summed E-state index contributed by atoms with van der Waals surface area (Å²) in [6, 6.07) is 15.0. The highest BCUT2D eigenvalue weighted by Crippen LogP contribution is 2.46. The Morgan fingerprint density at radius 1 is 1.10 bits per heavy atom. The van der Waals surface area contributed by atoms with Crippen molar-refractivity contribution in [2.75, 3.05) is 6.54 Å². The zero-order valence-electron chi connectivity index (χ0n) is 22.0. The number of β-amino-alcohol motifs (C(OH)–C–C–N with tert-alkyl or cyclic N) is 1. The Morgan fingerprint density at radius 2 is 1.85 bits per heavy atom. The van der Waals surface area contributed by atoms with Gasteiger partial charge in [-0.2, -0.15) is 0 Å². The van der Waals surface area contributed by atoms with Crippen LogP contribution in [-0.4, -0.2) is 61.0 Å². The first kappa shape index (κ1) is 26.1. The van der Waals surface area contributed by atoms with E-state index in [0.717, 1.165) is 45.7 Å². The number of likely N-dealkylation sites (tertiary alicyclic amines) is 1. The molecule has 6 rings (SSSR count). The highest BCUT2D eigenvalue weighted by molar-refractivity contribution is 7.13. The molecule has 2 aromatic carbocycles. The Bertz CT molecular complexity index is 1370. The molecule has 9 heteroatoms. The minimum atomic E-state index is -0.883. The number of rotatable bonds is 6. The molecule has 0 radical (unpaired) electrons. The van der Waals surface area contributed by atoms with Crippen molar-refractivity contribution >= 4 is 23.2 Å². The summed E-state index contributed by atoms with van der Waals surface area (Å²) in [5.74, 6) is -0.423. The average Bonchev–Trinajstić information content (AvgIpc) is 3.74. The zero-order valence-corrected chi connectivity index (χ0v) is 22.9. The van der Waals surface area contributed by atoms with Crippen LogP contribution in [0.4, 0.5) is 0 Å². The molecule has 1 saturated carbocycles. The van der Waals surface area contributed by atoms with Crippen molar-refractivity contribution in [2.24, 2.45) is 0 Å². The number of aliphatic hydroxyl groups excluding tert-OH is 2. The third-order valence-electron chi connectivity index (χ3n) is 8.62. The maximum absolute atomic E-state index is 14.2. The van der Waals surface area contributed by atoms with Gasteiger partial charge in [0.2, 0.25) is 11.8 Å². The second kappa shape index (κ2) is 10.5. The van der Waals surface area contributed by atoms with Gasteiger partial charge in [0, 0.05) is 26.1 Å². The summed E-state index contributed by atoms with van der Waals surface area (Å²) >= 11 is 1.60. The highest BCUT2D eigenvalue weighted by Gasteiger charge is 2.55. The number of hydrogen-bond donors (Lipinski definition) is 3. The van der Waals surface area contributed by atoms with Gasteiger partial charge in [-0.25, -0.2) is 4.98 Å². The Kier molecular flexibility index (Phi) is 7.01. The van der Waals surface area contributed by atoms with E-state index in [9.17, 15) is 19.8 Å². The molecule has 3 N–H and O–H groups in total. The molecule has 2 aliphatic heterocycles. The lowest BCUT2D eigenvalue weighted by molar-refractivity contribution is -0.157. The number of carbonyl (C=O) groups excluding carboxylic acids is 2. The zero-order chi connectivity index (χ0) is 27.1. The van der Waals surface area contributed by atoms with Crippen LogP contribution in [0.15, 0.2) is 54.0 Å². The minimum Gasteiger partial charge on any atom is -0.391 e. The molecular weight excluding hydrogens is 512 g/mol. The van der Waals surface area contributed by atoms with Gasteiger partial charge < -0.3 is 20.4 Å². The molecule has 1 aliphatic carbocycles. The lowest BCUT2D eigenvalue weighted by Crippen LogP contribution is -2.60. The largest absolute Gasteiger partial charge is 0.391 e. The molecule has 3 atom stereocenters. The van der Waals surface area contributed by atoms with Crippen LogP contribution in [0.3, 0.4) is 0 Å². The number of amides is 2. The van der Waals surface area contributed by atoms with E-state index in [-0.39, 0.29) is 24.8 Å². The van der Waals surface area contributed by atoms with Gasteiger partial charge in [-0.15, -0.1) is 11.3 Å². The Morgan fingerprint density at radius 3 is 2.54 bits per heavy atom. The fourth-order valence-electron chi connectivity index (χ4n) is 6.55. The van der Waals surface area contributed by atoms with Crippen molar-refractivity contribution < 1.29 is 19.8 Å². The van der Waals surface area contributed by atoms with E-state index >= 15 is 0 Å². The standard InChI is InChI=1S/C30H34N4O4S/c1-19-26(39-18-32-19)21-10-8-20(9-11-21)15-31-27(36)25-14-23(35)17-33(25)29(38)30(12-4-5-13-30)34-16-22-6-2-3-7-24(22)28(34)37/h2-3,6-11,18,23,25,28,35,37H,4-5,12-17H2,1H3,(H,31,36)/t23-,25+,28?/m1/s1. The molecule has 2 amide bonds. The average molecular weight is 547 g/mol. The molecule has 1 aromatic heterocycles. The predicted molar refractivity (Wildman–Crippen MR) is 148 cm³/mol. The van der Waals surface area contributed by atoms with Gasteiger partial charge in [0.1, 0.15) is 17.8 Å². The van der Waals surface area contributed by atoms with Crippen molar-refractivity contribution in [2.45, 2.75) is 76.0 Å². The summed E-state index contributed by atoms with van der Waals surface area (Å²) in [5, 5.41) is 24.7. The fraction of sp³-hybridized carbons (Fsp3) is 0.433. The maximum atomic E-state index is 14.2. The summed E-state index contributed by atoms with van der Waals surface area (Å²) < 4.78 is 0. The number of aliphatic hydroxyl groups is 2. The molecular formula is C30H34N4O4S. The summed E-state index contributed by atoms with van der Waals surface area (Å²) in [6.07, 6.45) is 1.61. The molecule has 39 heavy (non-hydrogen) atoms. The Hall–Kier alpha value is -3.11. The number of nitrogens with zero attached hydrogens (tertiary/aromatic N) is 3. The van der Waals surface area contributed by atoms with Crippen LogP contribution in [0.1, 0.15) is 60.7 Å². The van der Waals surface area contributed by atoms with E-state index in [2.05, 4.69) is 10.3 Å². The monoisotopic (exact) mass is 546 g/mol. The molecule has 2 fully saturated rings. The second-order valence-electron chi connectivity index (χ2n) is 11.0. The van der Waals surface area contributed by atoms with Crippen molar-refractivity contribution in [3.63, 3.8) is 0 Å². The van der Waals surface area contributed by atoms with Crippen LogP contribution >= 0.6 is 11.3 Å². The lowest BCUT2D eigenvalue weighted by atomic mass is 9.92. The van der Waals surface area contributed by atoms with E-state index in [1.54, 1.807) is 16.2 Å². The minimum absolute atomic E-state index is 0.123. The van der Waals surface area contributed by atoms with E-state index in [1.807, 2.05) is 65.9 Å². The van der Waals surface area contributed by atoms with Crippen molar-refractivity contribution in [1.29, 1.82) is 0 Å². The van der Waals surface area contributed by atoms with Crippen LogP contribution in [0, 0.1) is 6.92 Å². The summed E-state index contributed by atoms with van der Waals surface area (Å²) in [4.78, 5) is 36.5. The third kappa shape index (κ3) is 4.67. The fourth-order valence-corrected chi connectivity index (χ4v) is 7.36. The van der Waals surface area contributed by atoms with Crippen molar-refractivity contribution in [3.05, 3.63) is 76.4 Å². The van der Waals surface area contributed by atoms with Crippen LogP contribution in [0.5, 0.6) is 0 Å². The first-order valence-electron chi connectivity index (χ1n) is 13.7. The van der Waals surface area contributed by atoms with Crippen LogP contribution in [-0.2, 0) is 22.7 Å². The van der Waals surface area contributed by atoms with Crippen molar-refractivity contribution in [3.8, 4) is 10.4 Å². The molecule has 8 nitrogen and oxygen atoms in total. The van der Waals surface area contributed by atoms with Crippen LogP contribution in [0.25, 0.3) is 10.4 Å². The first-order chi connectivity index (χ1) is 18.9. The molecule has 1 unspecified atom stereocenters. The van der Waals surface area contributed by atoms with E-state index in [1.165, 1.54) is 0 Å². The third-order valence-corrected chi connectivity index (χ3v) is 9.60. The highest BCUT2D eigenvalue weighted by atomic mass is 32.1. The predicted octanol–water partition coefficient (Wildman–Crippen LogP) is 3.52.